The molecule has 0 bridgehead atoms. The number of ether oxygens (including phenoxy) is 1. The van der Waals surface area contributed by atoms with Gasteiger partial charge in [0.1, 0.15) is 0 Å². The van der Waals surface area contributed by atoms with Crippen molar-refractivity contribution in [1.82, 2.24) is 0 Å². The Kier molecular flexibility index (Phi) is 4.73. The van der Waals surface area contributed by atoms with Crippen LogP contribution < -0.4 is 0 Å². The van der Waals surface area contributed by atoms with Gasteiger partial charge >= 0.3 is 0 Å². The van der Waals surface area contributed by atoms with Gasteiger partial charge in [-0.15, -0.1) is 0 Å². The molecule has 0 spiro atoms. The van der Waals surface area contributed by atoms with Crippen molar-refractivity contribution in [1.29, 1.82) is 0 Å². The van der Waals surface area contributed by atoms with Gasteiger partial charge in [0.15, 0.2) is 0 Å². The van der Waals surface area contributed by atoms with Crippen LogP contribution in [0.2, 0.25) is 0 Å². The quantitative estimate of drug-likeness (QED) is 0.742. The first kappa shape index (κ1) is 15.8. The van der Waals surface area contributed by atoms with Gasteiger partial charge < -0.3 is 14.9 Å². The Morgan fingerprint density at radius 2 is 2.05 bits per heavy atom. The minimum Gasteiger partial charge on any atom is -0.395 e. The Labute approximate surface area is 136 Å². The van der Waals surface area contributed by atoms with Crippen molar-refractivity contribution in [3.8, 4) is 0 Å². The topological polar surface area (TPSA) is 49.7 Å². The summed E-state index contributed by atoms with van der Waals surface area (Å²) in [4.78, 5) is 0. The third kappa shape index (κ3) is 3.01. The van der Waals surface area contributed by atoms with E-state index in [0.717, 1.165) is 0 Å². The molecule has 3 atom stereocenters. The van der Waals surface area contributed by atoms with Crippen LogP contribution >= 0.6 is 12.6 Å². The summed E-state index contributed by atoms with van der Waals surface area (Å²) in [6.07, 6.45) is 0.424. The summed E-state index contributed by atoms with van der Waals surface area (Å²) in [6, 6.07) is 10.6. The van der Waals surface area contributed by atoms with Crippen molar-refractivity contribution >= 4 is 23.4 Å². The minimum absolute atomic E-state index is 0.0218. The average Bonchev–Trinajstić information content (AvgIpc) is 2.90. The summed E-state index contributed by atoms with van der Waals surface area (Å²) < 4.78 is 5.92. The van der Waals surface area contributed by atoms with Gasteiger partial charge in [-0.05, 0) is 40.8 Å². The van der Waals surface area contributed by atoms with E-state index in [2.05, 4.69) is 49.9 Å². The van der Waals surface area contributed by atoms with E-state index >= 15 is 0 Å². The van der Waals surface area contributed by atoms with Gasteiger partial charge in [0.05, 0.1) is 25.4 Å². The fraction of sp³-hybridized carbons (Fsp3) is 0.444. The molecule has 22 heavy (non-hydrogen) atoms. The smallest absolute Gasteiger partial charge is 0.0858 e. The average molecular weight is 318 g/mol. The third-order valence-corrected chi connectivity index (χ3v) is 4.79. The number of aryl methyl sites for hydroxylation is 1. The highest BCUT2D eigenvalue weighted by molar-refractivity contribution is 7.81. The lowest BCUT2D eigenvalue weighted by molar-refractivity contribution is 0.0196. The molecule has 1 aliphatic rings. The summed E-state index contributed by atoms with van der Waals surface area (Å²) in [5, 5.41) is 21.5. The minimum atomic E-state index is -0.516. The Morgan fingerprint density at radius 3 is 2.77 bits per heavy atom. The molecule has 0 radical (unpaired) electrons. The summed E-state index contributed by atoms with van der Waals surface area (Å²) >= 11 is 4.24. The number of hydrogen-bond acceptors (Lipinski definition) is 4. The largest absolute Gasteiger partial charge is 0.395 e. The van der Waals surface area contributed by atoms with Gasteiger partial charge in [0.2, 0.25) is 0 Å². The molecule has 118 valence electrons. The maximum atomic E-state index is 10.2. The highest BCUT2D eigenvalue weighted by Gasteiger charge is 2.28. The van der Waals surface area contributed by atoms with E-state index < -0.39 is 6.10 Å². The van der Waals surface area contributed by atoms with E-state index in [1.807, 2.05) is 0 Å². The first-order valence-electron chi connectivity index (χ1n) is 7.70. The molecule has 0 amide bonds. The molecule has 0 saturated carbocycles. The van der Waals surface area contributed by atoms with E-state index in [-0.39, 0.29) is 18.0 Å². The Morgan fingerprint density at radius 1 is 1.32 bits per heavy atom. The Balaban J connectivity index is 1.86. The lowest BCUT2D eigenvalue weighted by Crippen LogP contribution is -2.19. The molecular weight excluding hydrogens is 296 g/mol. The van der Waals surface area contributed by atoms with Gasteiger partial charge in [-0.1, -0.05) is 30.3 Å². The van der Waals surface area contributed by atoms with E-state index in [4.69, 9.17) is 9.84 Å². The van der Waals surface area contributed by atoms with Crippen molar-refractivity contribution in [2.45, 2.75) is 43.8 Å². The summed E-state index contributed by atoms with van der Waals surface area (Å²) in [5.74, 6) is 0. The predicted molar refractivity (Wildman–Crippen MR) is 91.3 cm³/mol. The van der Waals surface area contributed by atoms with Crippen molar-refractivity contribution in [3.63, 3.8) is 0 Å². The molecule has 2 aromatic carbocycles. The lowest BCUT2D eigenvalue weighted by Gasteiger charge is -2.19. The molecule has 2 N–H and O–H groups in total. The second-order valence-corrected chi connectivity index (χ2v) is 6.80. The van der Waals surface area contributed by atoms with E-state index in [1.54, 1.807) is 0 Å². The number of hydrogen-bond donors (Lipinski definition) is 3. The van der Waals surface area contributed by atoms with Crippen LogP contribution in [0.4, 0.5) is 0 Å². The van der Waals surface area contributed by atoms with Crippen molar-refractivity contribution in [3.05, 3.63) is 47.0 Å². The number of fused-ring (bicyclic) bond motifs is 3. The van der Waals surface area contributed by atoms with Gasteiger partial charge in [-0.25, -0.2) is 0 Å². The van der Waals surface area contributed by atoms with Crippen LogP contribution in [0.5, 0.6) is 0 Å². The van der Waals surface area contributed by atoms with E-state index in [1.165, 1.54) is 27.5 Å². The first-order chi connectivity index (χ1) is 10.6. The molecule has 3 unspecified atom stereocenters. The highest BCUT2D eigenvalue weighted by Crippen LogP contribution is 2.39. The molecule has 2 aromatic rings. The van der Waals surface area contributed by atoms with Crippen LogP contribution in [0.3, 0.4) is 0 Å². The first-order valence-corrected chi connectivity index (χ1v) is 8.21. The van der Waals surface area contributed by atoms with Crippen LogP contribution in [0.15, 0.2) is 30.3 Å². The van der Waals surface area contributed by atoms with E-state index in [9.17, 15) is 5.11 Å². The fourth-order valence-electron chi connectivity index (χ4n) is 3.29. The highest BCUT2D eigenvalue weighted by atomic mass is 32.1. The summed E-state index contributed by atoms with van der Waals surface area (Å²) in [5.41, 5.74) is 3.67. The van der Waals surface area contributed by atoms with Crippen LogP contribution in [-0.2, 0) is 11.3 Å². The number of aliphatic hydroxyl groups excluding tert-OH is 2. The van der Waals surface area contributed by atoms with Crippen LogP contribution in [0, 0.1) is 6.92 Å². The molecule has 3 nitrogen and oxygen atoms in total. The van der Waals surface area contributed by atoms with Gasteiger partial charge in [0, 0.05) is 11.7 Å². The maximum absolute atomic E-state index is 10.2. The molecule has 0 saturated heterocycles. The van der Waals surface area contributed by atoms with Crippen LogP contribution in [0.25, 0.3) is 10.8 Å². The molecule has 1 heterocycles. The fourth-order valence-corrected chi connectivity index (χ4v) is 3.54. The molecule has 3 rings (SSSR count). The van der Waals surface area contributed by atoms with Crippen molar-refractivity contribution < 1.29 is 14.9 Å². The zero-order valence-electron chi connectivity index (χ0n) is 12.7. The van der Waals surface area contributed by atoms with E-state index in [0.29, 0.717) is 19.4 Å². The molecule has 4 heteroatoms. The Bertz CT molecular complexity index is 671. The number of thiol groups is 1. The zero-order chi connectivity index (χ0) is 15.7. The van der Waals surface area contributed by atoms with Crippen LogP contribution in [0.1, 0.15) is 35.6 Å². The standard InChI is InChI=1S/C18H22O3S/c1-11-6-16-17(15-5-3-2-4-14(11)15)10-21-18(16)8-12(20)7-13(22)9-19/h2-6,12-13,18-20,22H,7-10H2,1H3. The number of aliphatic hydroxyl groups is 2. The van der Waals surface area contributed by atoms with Crippen molar-refractivity contribution in [2.24, 2.45) is 0 Å². The molecule has 0 aliphatic carbocycles. The normalized spacial score (nSPS) is 20.1. The molecular formula is C18H22O3S. The number of rotatable bonds is 5. The van der Waals surface area contributed by atoms with Crippen molar-refractivity contribution in [2.75, 3.05) is 6.61 Å². The van der Waals surface area contributed by atoms with Gasteiger partial charge in [0.25, 0.3) is 0 Å². The van der Waals surface area contributed by atoms with Crippen LogP contribution in [-0.4, -0.2) is 28.2 Å². The second kappa shape index (κ2) is 6.59. The maximum Gasteiger partial charge on any atom is 0.0858 e. The van der Waals surface area contributed by atoms with Gasteiger partial charge in [-0.2, -0.15) is 12.6 Å². The predicted octanol–water partition coefficient (Wildman–Crippen LogP) is 3.15. The summed E-state index contributed by atoms with van der Waals surface area (Å²) in [6.45, 7) is 2.69. The molecule has 1 aliphatic heterocycles. The molecule has 0 fully saturated rings. The summed E-state index contributed by atoms with van der Waals surface area (Å²) in [7, 11) is 0. The van der Waals surface area contributed by atoms with Gasteiger partial charge in [-0.3, -0.25) is 0 Å². The second-order valence-electron chi connectivity index (χ2n) is 6.07. The third-order valence-electron chi connectivity index (χ3n) is 4.41. The monoisotopic (exact) mass is 318 g/mol. The Hall–Kier alpha value is -1.07. The number of benzene rings is 2. The zero-order valence-corrected chi connectivity index (χ0v) is 13.6. The molecule has 0 aromatic heterocycles. The SMILES string of the molecule is Cc1cc2c(c3ccccc13)COC2CC(O)CC(S)CO. The lowest BCUT2D eigenvalue weighted by atomic mass is 9.92.